The summed E-state index contributed by atoms with van der Waals surface area (Å²) in [6.07, 6.45) is 0. The normalized spacial score (nSPS) is 10.2. The standard InChI is InChI=1S/C16H12FNO2.C2H6/c1-9-13-8-11(10-2-5-12(17)6-3-10)4-7-14(13)18-15(9)16(19)20;1-2/h2-8,18H,1H3,(H,19,20);1-2H3. The van der Waals surface area contributed by atoms with Crippen LogP contribution in [-0.4, -0.2) is 16.1 Å². The Hall–Kier alpha value is -2.62. The number of aromatic nitrogens is 1. The van der Waals surface area contributed by atoms with Gasteiger partial charge in [-0.05, 0) is 47.9 Å². The summed E-state index contributed by atoms with van der Waals surface area (Å²) < 4.78 is 12.9. The van der Waals surface area contributed by atoms with Crippen LogP contribution in [0.3, 0.4) is 0 Å². The number of H-pyrrole nitrogens is 1. The zero-order valence-corrected chi connectivity index (χ0v) is 12.8. The van der Waals surface area contributed by atoms with E-state index >= 15 is 0 Å². The lowest BCUT2D eigenvalue weighted by atomic mass is 10.0. The van der Waals surface area contributed by atoms with E-state index < -0.39 is 5.97 Å². The highest BCUT2D eigenvalue weighted by atomic mass is 19.1. The molecule has 3 aromatic rings. The molecule has 0 aliphatic carbocycles. The van der Waals surface area contributed by atoms with E-state index in [1.807, 2.05) is 32.0 Å². The number of benzene rings is 2. The monoisotopic (exact) mass is 299 g/mol. The molecular weight excluding hydrogens is 281 g/mol. The minimum absolute atomic E-state index is 0.205. The predicted molar refractivity (Wildman–Crippen MR) is 86.7 cm³/mol. The van der Waals surface area contributed by atoms with Crippen molar-refractivity contribution in [2.45, 2.75) is 20.8 Å². The second kappa shape index (κ2) is 6.43. The summed E-state index contributed by atoms with van der Waals surface area (Å²) in [7, 11) is 0. The summed E-state index contributed by atoms with van der Waals surface area (Å²) in [5.41, 5.74) is 3.51. The fraction of sp³-hybridized carbons (Fsp3) is 0.167. The van der Waals surface area contributed by atoms with Gasteiger partial charge in [0, 0.05) is 10.9 Å². The number of aryl methyl sites for hydroxylation is 1. The quantitative estimate of drug-likeness (QED) is 0.699. The molecule has 3 rings (SSSR count). The van der Waals surface area contributed by atoms with Crippen molar-refractivity contribution in [3.8, 4) is 11.1 Å². The smallest absolute Gasteiger partial charge is 0.352 e. The van der Waals surface area contributed by atoms with Crippen molar-refractivity contribution in [2.75, 3.05) is 0 Å². The minimum atomic E-state index is -0.970. The number of aromatic amines is 1. The highest BCUT2D eigenvalue weighted by molar-refractivity contribution is 5.98. The average molecular weight is 299 g/mol. The van der Waals surface area contributed by atoms with Crippen molar-refractivity contribution in [2.24, 2.45) is 0 Å². The third-order valence-electron chi connectivity index (χ3n) is 3.45. The molecule has 3 nitrogen and oxygen atoms in total. The Kier molecular flexibility index (Phi) is 4.61. The van der Waals surface area contributed by atoms with Crippen molar-refractivity contribution in [3.05, 3.63) is 59.5 Å². The van der Waals surface area contributed by atoms with E-state index in [1.165, 1.54) is 12.1 Å². The van der Waals surface area contributed by atoms with E-state index in [2.05, 4.69) is 4.98 Å². The maximum absolute atomic E-state index is 12.9. The van der Waals surface area contributed by atoms with Crippen LogP contribution >= 0.6 is 0 Å². The third-order valence-corrected chi connectivity index (χ3v) is 3.45. The number of hydrogen-bond donors (Lipinski definition) is 2. The van der Waals surface area contributed by atoms with Crippen LogP contribution in [0.4, 0.5) is 4.39 Å². The second-order valence-electron chi connectivity index (χ2n) is 4.70. The van der Waals surface area contributed by atoms with E-state index in [9.17, 15) is 9.18 Å². The first-order valence-electron chi connectivity index (χ1n) is 7.18. The molecule has 0 amide bonds. The van der Waals surface area contributed by atoms with Gasteiger partial charge >= 0.3 is 5.97 Å². The van der Waals surface area contributed by atoms with Gasteiger partial charge in [-0.1, -0.05) is 32.0 Å². The van der Waals surface area contributed by atoms with Gasteiger partial charge in [-0.3, -0.25) is 0 Å². The van der Waals surface area contributed by atoms with Crippen molar-refractivity contribution in [3.63, 3.8) is 0 Å². The van der Waals surface area contributed by atoms with E-state index in [4.69, 9.17) is 5.11 Å². The highest BCUT2D eigenvalue weighted by Gasteiger charge is 2.13. The van der Waals surface area contributed by atoms with Crippen molar-refractivity contribution < 1.29 is 14.3 Å². The lowest BCUT2D eigenvalue weighted by Gasteiger charge is -2.02. The second-order valence-corrected chi connectivity index (χ2v) is 4.70. The Bertz CT molecular complexity index is 804. The molecule has 0 saturated carbocycles. The van der Waals surface area contributed by atoms with Crippen LogP contribution in [0.15, 0.2) is 42.5 Å². The van der Waals surface area contributed by atoms with Gasteiger partial charge in [0.15, 0.2) is 0 Å². The predicted octanol–water partition coefficient (Wildman–Crippen LogP) is 5.01. The molecule has 2 aromatic carbocycles. The molecule has 4 heteroatoms. The van der Waals surface area contributed by atoms with E-state index in [0.29, 0.717) is 5.56 Å². The summed E-state index contributed by atoms with van der Waals surface area (Å²) in [4.78, 5) is 14.0. The van der Waals surface area contributed by atoms with Crippen LogP contribution in [0.25, 0.3) is 22.0 Å². The van der Waals surface area contributed by atoms with E-state index in [-0.39, 0.29) is 11.5 Å². The molecule has 0 radical (unpaired) electrons. The summed E-state index contributed by atoms with van der Waals surface area (Å²) in [6, 6.07) is 11.9. The van der Waals surface area contributed by atoms with Gasteiger partial charge in [0.05, 0.1) is 0 Å². The molecular formula is C18H18FNO2. The number of carboxylic acids is 1. The summed E-state index contributed by atoms with van der Waals surface area (Å²) in [5.74, 6) is -1.25. The Morgan fingerprint density at radius 3 is 2.23 bits per heavy atom. The lowest BCUT2D eigenvalue weighted by Crippen LogP contribution is -1.97. The van der Waals surface area contributed by atoms with Gasteiger partial charge in [0.1, 0.15) is 11.5 Å². The summed E-state index contributed by atoms with van der Waals surface area (Å²) in [5, 5.41) is 9.98. The molecule has 1 aromatic heterocycles. The fourth-order valence-corrected chi connectivity index (χ4v) is 2.36. The van der Waals surface area contributed by atoms with Gasteiger partial charge in [-0.2, -0.15) is 0 Å². The number of halogens is 1. The van der Waals surface area contributed by atoms with Crippen LogP contribution in [0, 0.1) is 12.7 Å². The van der Waals surface area contributed by atoms with Gasteiger partial charge in [0.2, 0.25) is 0 Å². The Morgan fingerprint density at radius 1 is 1.05 bits per heavy atom. The van der Waals surface area contributed by atoms with Crippen LogP contribution in [0.2, 0.25) is 0 Å². The zero-order valence-electron chi connectivity index (χ0n) is 12.8. The van der Waals surface area contributed by atoms with Crippen LogP contribution in [0.5, 0.6) is 0 Å². The lowest BCUT2D eigenvalue weighted by molar-refractivity contribution is 0.0691. The SMILES string of the molecule is CC.Cc1c(C(=O)O)[nH]c2ccc(-c3ccc(F)cc3)cc12. The molecule has 0 spiro atoms. The fourth-order valence-electron chi connectivity index (χ4n) is 2.36. The highest BCUT2D eigenvalue weighted by Crippen LogP contribution is 2.28. The number of nitrogens with one attached hydrogen (secondary N) is 1. The molecule has 0 bridgehead atoms. The maximum Gasteiger partial charge on any atom is 0.352 e. The first-order valence-corrected chi connectivity index (χ1v) is 7.18. The topological polar surface area (TPSA) is 53.1 Å². The molecule has 0 fully saturated rings. The van der Waals surface area contributed by atoms with Gasteiger partial charge in [-0.25, -0.2) is 9.18 Å². The molecule has 114 valence electrons. The summed E-state index contributed by atoms with van der Waals surface area (Å²) in [6.45, 7) is 5.77. The Labute approximate surface area is 128 Å². The first-order chi connectivity index (χ1) is 10.6. The molecule has 0 unspecified atom stereocenters. The number of carbonyl (C=O) groups is 1. The first kappa shape index (κ1) is 15.8. The molecule has 0 aliphatic heterocycles. The molecule has 0 aliphatic rings. The zero-order chi connectivity index (χ0) is 16.3. The van der Waals surface area contributed by atoms with E-state index in [1.54, 1.807) is 19.1 Å². The number of carboxylic acid groups (broad SMARTS) is 1. The average Bonchev–Trinajstić information content (AvgIpc) is 2.87. The minimum Gasteiger partial charge on any atom is -0.477 e. The van der Waals surface area contributed by atoms with E-state index in [0.717, 1.165) is 22.0 Å². The Balaban J connectivity index is 0.000000847. The summed E-state index contributed by atoms with van der Waals surface area (Å²) >= 11 is 0. The van der Waals surface area contributed by atoms with Crippen LogP contribution in [-0.2, 0) is 0 Å². The molecule has 0 saturated heterocycles. The number of hydrogen-bond acceptors (Lipinski definition) is 1. The van der Waals surface area contributed by atoms with Crippen LogP contribution < -0.4 is 0 Å². The molecule has 1 heterocycles. The van der Waals surface area contributed by atoms with Gasteiger partial charge in [0.25, 0.3) is 0 Å². The Morgan fingerprint density at radius 2 is 1.64 bits per heavy atom. The number of rotatable bonds is 2. The largest absolute Gasteiger partial charge is 0.477 e. The molecule has 22 heavy (non-hydrogen) atoms. The number of fused-ring (bicyclic) bond motifs is 1. The van der Waals surface area contributed by atoms with Crippen LogP contribution in [0.1, 0.15) is 29.9 Å². The van der Waals surface area contributed by atoms with Gasteiger partial charge < -0.3 is 10.1 Å². The molecule has 2 N–H and O–H groups in total. The third kappa shape index (κ3) is 2.86. The van der Waals surface area contributed by atoms with Crippen molar-refractivity contribution in [1.82, 2.24) is 4.98 Å². The molecule has 0 atom stereocenters. The van der Waals surface area contributed by atoms with Gasteiger partial charge in [-0.15, -0.1) is 0 Å². The van der Waals surface area contributed by atoms with Crippen molar-refractivity contribution >= 4 is 16.9 Å². The maximum atomic E-state index is 12.9. The number of aromatic carboxylic acids is 1. The van der Waals surface area contributed by atoms with Crippen molar-refractivity contribution in [1.29, 1.82) is 0 Å².